The molecule has 0 saturated carbocycles. The van der Waals surface area contributed by atoms with Crippen molar-refractivity contribution in [3.05, 3.63) is 0 Å². The van der Waals surface area contributed by atoms with Crippen LogP contribution in [0.3, 0.4) is 0 Å². The monoisotopic (exact) mass is 277 g/mol. The molecule has 0 atom stereocenters. The molecule has 1 aliphatic heterocycles. The van der Waals surface area contributed by atoms with E-state index in [0.29, 0.717) is 19.6 Å². The maximum Gasteiger partial charge on any atom is 0.282 e. The summed E-state index contributed by atoms with van der Waals surface area (Å²) >= 11 is 0. The molecule has 18 heavy (non-hydrogen) atoms. The van der Waals surface area contributed by atoms with E-state index >= 15 is 0 Å². The first kappa shape index (κ1) is 15.9. The van der Waals surface area contributed by atoms with Crippen molar-refractivity contribution in [3.8, 4) is 0 Å². The summed E-state index contributed by atoms with van der Waals surface area (Å²) in [4.78, 5) is 0. The molecule has 0 aliphatic carbocycles. The van der Waals surface area contributed by atoms with Gasteiger partial charge in [0.05, 0.1) is 6.04 Å². The van der Waals surface area contributed by atoms with Gasteiger partial charge >= 0.3 is 0 Å². The van der Waals surface area contributed by atoms with E-state index in [1.165, 1.54) is 0 Å². The first-order chi connectivity index (χ1) is 8.57. The molecule has 0 aromatic rings. The molecule has 0 unspecified atom stereocenters. The van der Waals surface area contributed by atoms with Crippen LogP contribution in [0, 0.1) is 0 Å². The van der Waals surface area contributed by atoms with Crippen LogP contribution in [0.1, 0.15) is 40.0 Å². The van der Waals surface area contributed by atoms with Gasteiger partial charge in [0, 0.05) is 32.7 Å². The molecule has 0 amide bonds. The van der Waals surface area contributed by atoms with Crippen LogP contribution in [-0.2, 0) is 10.2 Å². The summed E-state index contributed by atoms with van der Waals surface area (Å²) in [6.07, 6.45) is 2.59. The van der Waals surface area contributed by atoms with Gasteiger partial charge in [-0.25, -0.2) is 0 Å². The van der Waals surface area contributed by atoms with Crippen molar-refractivity contribution in [1.29, 1.82) is 0 Å². The third kappa shape index (κ3) is 3.66. The minimum absolute atomic E-state index is 0.145. The van der Waals surface area contributed by atoms with Crippen molar-refractivity contribution in [1.82, 2.24) is 13.9 Å². The molecule has 1 aliphatic rings. The van der Waals surface area contributed by atoms with E-state index < -0.39 is 10.2 Å². The fraction of sp³-hybridized carbons (Fsp3) is 1.00. The van der Waals surface area contributed by atoms with Crippen molar-refractivity contribution >= 4 is 10.2 Å². The normalized spacial score (nSPS) is 17.4. The van der Waals surface area contributed by atoms with Crippen LogP contribution in [0.4, 0.5) is 0 Å². The number of hydrogen-bond donors (Lipinski definition) is 1. The molecule has 108 valence electrons. The van der Waals surface area contributed by atoms with E-state index in [1.54, 1.807) is 8.61 Å². The molecule has 1 saturated heterocycles. The van der Waals surface area contributed by atoms with E-state index in [0.717, 1.165) is 32.4 Å². The van der Waals surface area contributed by atoms with E-state index in [9.17, 15) is 8.42 Å². The number of hydrogen-bond acceptors (Lipinski definition) is 3. The first-order valence-corrected chi connectivity index (χ1v) is 8.45. The van der Waals surface area contributed by atoms with Gasteiger partial charge in [0.2, 0.25) is 0 Å². The molecule has 0 spiro atoms. The van der Waals surface area contributed by atoms with Gasteiger partial charge in [-0.05, 0) is 19.3 Å². The van der Waals surface area contributed by atoms with Gasteiger partial charge in [0.1, 0.15) is 0 Å². The third-order valence-electron chi connectivity index (χ3n) is 3.18. The number of nitrogens with zero attached hydrogens (tertiary/aromatic N) is 2. The van der Waals surface area contributed by atoms with Gasteiger partial charge in [0.15, 0.2) is 0 Å². The summed E-state index contributed by atoms with van der Waals surface area (Å²) in [7, 11) is -3.28. The van der Waals surface area contributed by atoms with Gasteiger partial charge in [-0.3, -0.25) is 0 Å². The van der Waals surface area contributed by atoms with E-state index in [2.05, 4.69) is 5.32 Å². The zero-order valence-electron chi connectivity index (χ0n) is 11.9. The first-order valence-electron chi connectivity index (χ1n) is 7.05. The summed E-state index contributed by atoms with van der Waals surface area (Å²) in [5, 5.41) is 3.15. The molecular formula is C12H27N3O2S. The van der Waals surface area contributed by atoms with Crippen molar-refractivity contribution in [2.45, 2.75) is 46.1 Å². The average Bonchev–Trinajstić information content (AvgIpc) is 2.26. The van der Waals surface area contributed by atoms with E-state index in [1.807, 2.05) is 20.8 Å². The highest BCUT2D eigenvalue weighted by molar-refractivity contribution is 7.86. The van der Waals surface area contributed by atoms with E-state index in [-0.39, 0.29) is 6.04 Å². The Bertz CT molecular complexity index is 322. The Morgan fingerprint density at radius 2 is 1.50 bits per heavy atom. The Morgan fingerprint density at radius 3 is 1.83 bits per heavy atom. The highest BCUT2D eigenvalue weighted by Crippen LogP contribution is 2.16. The second-order valence-electron chi connectivity index (χ2n) is 4.83. The van der Waals surface area contributed by atoms with Crippen LogP contribution in [0.2, 0.25) is 0 Å². The molecule has 0 aromatic carbocycles. The van der Waals surface area contributed by atoms with Crippen molar-refractivity contribution in [3.63, 3.8) is 0 Å². The van der Waals surface area contributed by atoms with Crippen LogP contribution in [0.5, 0.6) is 0 Å². The lowest BCUT2D eigenvalue weighted by molar-refractivity contribution is 0.223. The molecule has 1 heterocycles. The van der Waals surface area contributed by atoms with Crippen LogP contribution >= 0.6 is 0 Å². The third-order valence-corrected chi connectivity index (χ3v) is 5.27. The molecule has 1 rings (SSSR count). The lowest BCUT2D eigenvalue weighted by Gasteiger charge is -2.39. The summed E-state index contributed by atoms with van der Waals surface area (Å²) in [6, 6.07) is 0.145. The van der Waals surface area contributed by atoms with Crippen LogP contribution in [-0.4, -0.2) is 55.8 Å². The molecule has 1 fully saturated rings. The zero-order chi connectivity index (χ0) is 13.6. The summed E-state index contributed by atoms with van der Waals surface area (Å²) in [6.45, 7) is 9.50. The smallest absolute Gasteiger partial charge is 0.282 e. The van der Waals surface area contributed by atoms with Crippen LogP contribution in [0.25, 0.3) is 0 Å². The Kier molecular flexibility index (Phi) is 6.55. The quantitative estimate of drug-likeness (QED) is 0.685. The maximum absolute atomic E-state index is 12.7. The Morgan fingerprint density at radius 1 is 1.00 bits per heavy atom. The van der Waals surface area contributed by atoms with Gasteiger partial charge in [-0.1, -0.05) is 20.8 Å². The predicted octanol–water partition coefficient (Wildman–Crippen LogP) is 1.04. The minimum Gasteiger partial charge on any atom is -0.313 e. The average molecular weight is 277 g/mol. The maximum atomic E-state index is 12.7. The van der Waals surface area contributed by atoms with Crippen molar-refractivity contribution in [2.75, 3.05) is 32.7 Å². The van der Waals surface area contributed by atoms with Crippen molar-refractivity contribution < 1.29 is 8.42 Å². The SMILES string of the molecule is CCCN(CCC)S(=O)(=O)N(CCC)C1CNC1. The molecule has 0 bridgehead atoms. The summed E-state index contributed by atoms with van der Waals surface area (Å²) in [5.74, 6) is 0. The standard InChI is InChI=1S/C12H27N3O2S/c1-4-7-14(8-5-2)18(16,17)15(9-6-3)12-10-13-11-12/h12-13H,4-11H2,1-3H3. The molecule has 5 nitrogen and oxygen atoms in total. The highest BCUT2D eigenvalue weighted by atomic mass is 32.2. The second kappa shape index (κ2) is 7.43. The van der Waals surface area contributed by atoms with Crippen molar-refractivity contribution in [2.24, 2.45) is 0 Å². The van der Waals surface area contributed by atoms with Gasteiger partial charge in [0.25, 0.3) is 10.2 Å². The van der Waals surface area contributed by atoms with Crippen LogP contribution in [0.15, 0.2) is 0 Å². The van der Waals surface area contributed by atoms with E-state index in [4.69, 9.17) is 0 Å². The number of rotatable bonds is 9. The predicted molar refractivity (Wildman–Crippen MR) is 74.7 cm³/mol. The molecule has 0 radical (unpaired) electrons. The zero-order valence-corrected chi connectivity index (χ0v) is 12.7. The fourth-order valence-electron chi connectivity index (χ4n) is 2.17. The lowest BCUT2D eigenvalue weighted by atomic mass is 10.2. The Balaban J connectivity index is 2.82. The largest absolute Gasteiger partial charge is 0.313 e. The molecule has 1 N–H and O–H groups in total. The van der Waals surface area contributed by atoms with Gasteiger partial charge in [-0.15, -0.1) is 0 Å². The molecule has 6 heteroatoms. The number of nitrogens with one attached hydrogen (secondary N) is 1. The summed E-state index contributed by atoms with van der Waals surface area (Å²) < 4.78 is 28.6. The summed E-state index contributed by atoms with van der Waals surface area (Å²) in [5.41, 5.74) is 0. The van der Waals surface area contributed by atoms with Gasteiger partial charge in [-0.2, -0.15) is 17.0 Å². The van der Waals surface area contributed by atoms with Gasteiger partial charge < -0.3 is 5.32 Å². The van der Waals surface area contributed by atoms with Crippen LogP contribution < -0.4 is 5.32 Å². The fourth-order valence-corrected chi connectivity index (χ4v) is 4.24. The second-order valence-corrected chi connectivity index (χ2v) is 6.71. The lowest BCUT2D eigenvalue weighted by Crippen LogP contribution is -2.61. The molecule has 0 aromatic heterocycles. The Hall–Kier alpha value is -0.170. The molecular weight excluding hydrogens is 250 g/mol. The highest BCUT2D eigenvalue weighted by Gasteiger charge is 2.36. The topological polar surface area (TPSA) is 52.7 Å². The Labute approximate surface area is 112 Å². The minimum atomic E-state index is -3.28.